The Morgan fingerprint density at radius 1 is 1.16 bits per heavy atom. The van der Waals surface area contributed by atoms with E-state index >= 15 is 0 Å². The minimum Gasteiger partial charge on any atom is -0.476 e. The summed E-state index contributed by atoms with van der Waals surface area (Å²) in [5.74, 6) is -0.739. The van der Waals surface area contributed by atoms with Gasteiger partial charge in [0.25, 0.3) is 5.88 Å². The molecular formula is C17H13ClFN3O3. The number of halogens is 2. The smallest absolute Gasteiger partial charge is 0.352 e. The number of hydrogen-bond acceptors (Lipinski definition) is 4. The molecule has 1 aromatic heterocycles. The summed E-state index contributed by atoms with van der Waals surface area (Å²) in [6.45, 7) is -0.136. The number of rotatable bonds is 4. The first kappa shape index (κ1) is 16.9. The van der Waals surface area contributed by atoms with Gasteiger partial charge in [0, 0.05) is 5.02 Å². The molecule has 0 radical (unpaired) electrons. The fourth-order valence-corrected chi connectivity index (χ4v) is 2.55. The molecule has 0 aliphatic rings. The minimum absolute atomic E-state index is 0.119. The Balaban J connectivity index is 2.19. The number of benzene rings is 2. The molecule has 0 saturated carbocycles. The monoisotopic (exact) mass is 361 g/mol. The van der Waals surface area contributed by atoms with E-state index in [1.54, 1.807) is 30.3 Å². The Bertz CT molecular complexity index is 1030. The molecule has 1 heterocycles. The lowest BCUT2D eigenvalue weighted by Gasteiger charge is -2.12. The highest BCUT2D eigenvalue weighted by atomic mass is 35.5. The summed E-state index contributed by atoms with van der Waals surface area (Å²) < 4.78 is 20.2. The van der Waals surface area contributed by atoms with E-state index < -0.39 is 17.1 Å². The van der Waals surface area contributed by atoms with Crippen molar-refractivity contribution in [2.45, 2.75) is 6.54 Å². The highest BCUT2D eigenvalue weighted by Crippen LogP contribution is 2.17. The molecule has 0 saturated heterocycles. The average Bonchev–Trinajstić information content (AvgIpc) is 2.61. The zero-order valence-corrected chi connectivity index (χ0v) is 13.9. The lowest BCUT2D eigenvalue weighted by atomic mass is 10.2. The molecule has 3 rings (SSSR count). The van der Waals surface area contributed by atoms with E-state index in [1.807, 2.05) is 0 Å². The standard InChI is InChI=1S/C17H13ClFN3O3/c1-25-15-16(23)21(10-11-7-8-12(19)9-14(11)18)17(24)22(20-15)13-5-3-2-4-6-13/h2-9H,10H2,1H3. The third-order valence-corrected chi connectivity index (χ3v) is 3.92. The van der Waals surface area contributed by atoms with Gasteiger partial charge in [0.05, 0.1) is 19.3 Å². The van der Waals surface area contributed by atoms with Gasteiger partial charge in [-0.3, -0.25) is 4.79 Å². The second-order valence-electron chi connectivity index (χ2n) is 5.17. The second kappa shape index (κ2) is 6.90. The summed E-state index contributed by atoms with van der Waals surface area (Å²) in [4.78, 5) is 25.2. The normalized spacial score (nSPS) is 10.7. The van der Waals surface area contributed by atoms with Crippen LogP contribution >= 0.6 is 11.6 Å². The Kier molecular flexibility index (Phi) is 4.67. The minimum atomic E-state index is -0.694. The SMILES string of the molecule is COc1nn(-c2ccccc2)c(=O)n(Cc2ccc(F)cc2Cl)c1=O. The van der Waals surface area contributed by atoms with Crippen molar-refractivity contribution in [3.63, 3.8) is 0 Å². The highest BCUT2D eigenvalue weighted by molar-refractivity contribution is 6.31. The van der Waals surface area contributed by atoms with E-state index in [0.29, 0.717) is 11.3 Å². The summed E-state index contributed by atoms with van der Waals surface area (Å²) >= 11 is 6.00. The fourth-order valence-electron chi connectivity index (χ4n) is 2.32. The van der Waals surface area contributed by atoms with Gasteiger partial charge < -0.3 is 4.74 Å². The van der Waals surface area contributed by atoms with Crippen molar-refractivity contribution < 1.29 is 9.13 Å². The molecule has 8 heteroatoms. The molecule has 0 unspecified atom stereocenters. The first-order valence-electron chi connectivity index (χ1n) is 7.29. The first-order chi connectivity index (χ1) is 12.0. The molecular weight excluding hydrogens is 349 g/mol. The molecule has 0 aliphatic carbocycles. The number of aromatic nitrogens is 3. The van der Waals surface area contributed by atoms with Gasteiger partial charge in [0.2, 0.25) is 0 Å². The van der Waals surface area contributed by atoms with Gasteiger partial charge in [-0.25, -0.2) is 13.8 Å². The maximum Gasteiger partial charge on any atom is 0.352 e. The van der Waals surface area contributed by atoms with Crippen LogP contribution in [0.2, 0.25) is 5.02 Å². The molecule has 25 heavy (non-hydrogen) atoms. The molecule has 0 fully saturated rings. The van der Waals surface area contributed by atoms with E-state index in [2.05, 4.69) is 5.10 Å². The summed E-state index contributed by atoms with van der Waals surface area (Å²) in [5, 5.41) is 4.07. The van der Waals surface area contributed by atoms with E-state index in [4.69, 9.17) is 16.3 Å². The summed E-state index contributed by atoms with van der Waals surface area (Å²) in [6, 6.07) is 12.4. The summed E-state index contributed by atoms with van der Waals surface area (Å²) in [6.07, 6.45) is 0. The zero-order chi connectivity index (χ0) is 18.0. The maximum atomic E-state index is 13.2. The van der Waals surface area contributed by atoms with Gasteiger partial charge in [-0.1, -0.05) is 35.9 Å². The Labute approximate surface area is 146 Å². The largest absolute Gasteiger partial charge is 0.476 e. The van der Waals surface area contributed by atoms with Gasteiger partial charge in [-0.2, -0.15) is 4.68 Å². The van der Waals surface area contributed by atoms with Crippen LogP contribution in [0.5, 0.6) is 5.88 Å². The molecule has 0 bridgehead atoms. The molecule has 128 valence electrons. The predicted octanol–water partition coefficient (Wildman–Crippen LogP) is 2.24. The van der Waals surface area contributed by atoms with Crippen LogP contribution in [-0.2, 0) is 6.54 Å². The van der Waals surface area contributed by atoms with E-state index in [0.717, 1.165) is 15.3 Å². The van der Waals surface area contributed by atoms with Gasteiger partial charge in [0.1, 0.15) is 5.82 Å². The molecule has 0 atom stereocenters. The lowest BCUT2D eigenvalue weighted by molar-refractivity contribution is 0.367. The molecule has 0 N–H and O–H groups in total. The Hall–Kier alpha value is -2.93. The van der Waals surface area contributed by atoms with Crippen LogP contribution < -0.4 is 16.0 Å². The van der Waals surface area contributed by atoms with Crippen LogP contribution in [0.3, 0.4) is 0 Å². The van der Waals surface area contributed by atoms with Crippen LogP contribution in [-0.4, -0.2) is 21.5 Å². The van der Waals surface area contributed by atoms with Crippen molar-refractivity contribution in [1.29, 1.82) is 0 Å². The third-order valence-electron chi connectivity index (χ3n) is 3.57. The van der Waals surface area contributed by atoms with Crippen molar-refractivity contribution in [3.05, 3.63) is 85.8 Å². The zero-order valence-electron chi connectivity index (χ0n) is 13.1. The van der Waals surface area contributed by atoms with Gasteiger partial charge in [0.15, 0.2) is 0 Å². The van der Waals surface area contributed by atoms with Crippen LogP contribution in [0.1, 0.15) is 5.56 Å². The van der Waals surface area contributed by atoms with E-state index in [1.165, 1.54) is 19.2 Å². The third kappa shape index (κ3) is 3.32. The molecule has 0 spiro atoms. The first-order valence-corrected chi connectivity index (χ1v) is 7.66. The van der Waals surface area contributed by atoms with Crippen LogP contribution in [0.25, 0.3) is 5.69 Å². The van der Waals surface area contributed by atoms with Crippen molar-refractivity contribution in [2.75, 3.05) is 7.11 Å². The Morgan fingerprint density at radius 2 is 1.88 bits per heavy atom. The molecule has 0 aliphatic heterocycles. The highest BCUT2D eigenvalue weighted by Gasteiger charge is 2.16. The maximum absolute atomic E-state index is 13.2. The van der Waals surface area contributed by atoms with Crippen molar-refractivity contribution in [1.82, 2.24) is 14.3 Å². The van der Waals surface area contributed by atoms with Crippen molar-refractivity contribution >= 4 is 11.6 Å². The van der Waals surface area contributed by atoms with Crippen LogP contribution in [0.4, 0.5) is 4.39 Å². The predicted molar refractivity (Wildman–Crippen MR) is 91.2 cm³/mol. The van der Waals surface area contributed by atoms with Gasteiger partial charge >= 0.3 is 11.2 Å². The van der Waals surface area contributed by atoms with Crippen molar-refractivity contribution in [3.8, 4) is 11.6 Å². The summed E-state index contributed by atoms with van der Waals surface area (Å²) in [7, 11) is 1.29. The van der Waals surface area contributed by atoms with Crippen molar-refractivity contribution in [2.24, 2.45) is 0 Å². The van der Waals surface area contributed by atoms with E-state index in [-0.39, 0.29) is 17.4 Å². The molecule has 2 aromatic carbocycles. The number of hydrogen-bond donors (Lipinski definition) is 0. The topological polar surface area (TPSA) is 66.1 Å². The quantitative estimate of drug-likeness (QED) is 0.715. The van der Waals surface area contributed by atoms with E-state index in [9.17, 15) is 14.0 Å². The second-order valence-corrected chi connectivity index (χ2v) is 5.57. The number of ether oxygens (including phenoxy) is 1. The molecule has 0 amide bonds. The van der Waals surface area contributed by atoms with Gasteiger partial charge in [-0.05, 0) is 29.8 Å². The summed E-state index contributed by atoms with van der Waals surface area (Å²) in [5.41, 5.74) is -0.447. The molecule has 6 nitrogen and oxygen atoms in total. The Morgan fingerprint density at radius 3 is 2.52 bits per heavy atom. The fraction of sp³-hybridized carbons (Fsp3) is 0.118. The lowest BCUT2D eigenvalue weighted by Crippen LogP contribution is -2.41. The number of para-hydroxylation sites is 1. The van der Waals surface area contributed by atoms with Crippen LogP contribution in [0.15, 0.2) is 58.1 Å². The van der Waals surface area contributed by atoms with Crippen LogP contribution in [0, 0.1) is 5.82 Å². The van der Waals surface area contributed by atoms with Gasteiger partial charge in [-0.15, -0.1) is 5.10 Å². The molecule has 3 aromatic rings. The average molecular weight is 362 g/mol. The number of nitrogens with zero attached hydrogens (tertiary/aromatic N) is 3. The number of methoxy groups -OCH3 is 1.